The summed E-state index contributed by atoms with van der Waals surface area (Å²) in [5.41, 5.74) is -0.237. The molecule has 1 aliphatic rings. The SMILES string of the molecule is CCOC(=O)[C@@H]1CN(C(=O)O)CC[C@H]1NC(=O)c1cc(-c2ccc(F)cc2F)on1. The molecule has 1 saturated heterocycles. The number of aromatic nitrogens is 1. The Bertz CT molecular complexity index is 963. The van der Waals surface area contributed by atoms with E-state index in [0.717, 1.165) is 17.0 Å². The number of nitrogens with zero attached hydrogens (tertiary/aromatic N) is 2. The van der Waals surface area contributed by atoms with Crippen LogP contribution in [-0.2, 0) is 9.53 Å². The second kappa shape index (κ2) is 8.89. The van der Waals surface area contributed by atoms with E-state index < -0.39 is 41.6 Å². The summed E-state index contributed by atoms with van der Waals surface area (Å²) in [5.74, 6) is -3.90. The molecule has 1 fully saturated rings. The molecule has 11 heteroatoms. The van der Waals surface area contributed by atoms with Crippen molar-refractivity contribution in [3.8, 4) is 11.3 Å². The van der Waals surface area contributed by atoms with Crippen LogP contribution in [0.1, 0.15) is 23.8 Å². The Hall–Kier alpha value is -3.50. The molecule has 0 radical (unpaired) electrons. The highest BCUT2D eigenvalue weighted by Crippen LogP contribution is 2.25. The fourth-order valence-corrected chi connectivity index (χ4v) is 3.23. The monoisotopic (exact) mass is 423 g/mol. The third-order valence-corrected chi connectivity index (χ3v) is 4.73. The second-order valence-corrected chi connectivity index (χ2v) is 6.66. The van der Waals surface area contributed by atoms with Crippen LogP contribution in [0.5, 0.6) is 0 Å². The number of esters is 1. The van der Waals surface area contributed by atoms with Gasteiger partial charge in [-0.1, -0.05) is 5.16 Å². The molecule has 3 rings (SSSR count). The van der Waals surface area contributed by atoms with Crippen molar-refractivity contribution >= 4 is 18.0 Å². The number of carbonyl (C=O) groups is 3. The molecule has 0 unspecified atom stereocenters. The summed E-state index contributed by atoms with van der Waals surface area (Å²) in [7, 11) is 0. The van der Waals surface area contributed by atoms with Gasteiger partial charge in [-0.2, -0.15) is 0 Å². The van der Waals surface area contributed by atoms with Crippen molar-refractivity contribution in [3.05, 3.63) is 41.6 Å². The molecule has 1 aromatic carbocycles. The normalized spacial score (nSPS) is 18.7. The molecule has 9 nitrogen and oxygen atoms in total. The van der Waals surface area contributed by atoms with Crippen LogP contribution in [0, 0.1) is 17.6 Å². The van der Waals surface area contributed by atoms with Gasteiger partial charge >= 0.3 is 12.1 Å². The highest BCUT2D eigenvalue weighted by atomic mass is 19.1. The van der Waals surface area contributed by atoms with E-state index in [4.69, 9.17) is 9.26 Å². The van der Waals surface area contributed by atoms with E-state index in [2.05, 4.69) is 10.5 Å². The molecular formula is C19H19F2N3O6. The van der Waals surface area contributed by atoms with E-state index in [1.54, 1.807) is 6.92 Å². The van der Waals surface area contributed by atoms with Gasteiger partial charge in [0.05, 0.1) is 18.1 Å². The summed E-state index contributed by atoms with van der Waals surface area (Å²) in [6, 6.07) is 3.39. The summed E-state index contributed by atoms with van der Waals surface area (Å²) >= 11 is 0. The Balaban J connectivity index is 1.74. The number of hydrogen-bond donors (Lipinski definition) is 2. The number of nitrogens with one attached hydrogen (secondary N) is 1. The van der Waals surface area contributed by atoms with E-state index in [1.165, 1.54) is 6.07 Å². The van der Waals surface area contributed by atoms with Crippen LogP contribution >= 0.6 is 0 Å². The van der Waals surface area contributed by atoms with Crippen LogP contribution in [-0.4, -0.2) is 58.9 Å². The molecule has 2 amide bonds. The van der Waals surface area contributed by atoms with Crippen LogP contribution in [0.3, 0.4) is 0 Å². The maximum Gasteiger partial charge on any atom is 0.407 e. The highest BCUT2D eigenvalue weighted by molar-refractivity contribution is 5.93. The van der Waals surface area contributed by atoms with E-state index in [-0.39, 0.29) is 43.1 Å². The lowest BCUT2D eigenvalue weighted by atomic mass is 9.92. The van der Waals surface area contributed by atoms with E-state index in [1.807, 2.05) is 0 Å². The first-order chi connectivity index (χ1) is 14.3. The highest BCUT2D eigenvalue weighted by Gasteiger charge is 2.38. The van der Waals surface area contributed by atoms with Gasteiger partial charge in [-0.25, -0.2) is 13.6 Å². The van der Waals surface area contributed by atoms with Gasteiger partial charge in [-0.05, 0) is 25.5 Å². The average molecular weight is 423 g/mol. The number of rotatable bonds is 5. The Morgan fingerprint density at radius 2 is 2.10 bits per heavy atom. The fraction of sp³-hybridized carbons (Fsp3) is 0.368. The maximum absolute atomic E-state index is 13.9. The number of piperidine rings is 1. The van der Waals surface area contributed by atoms with Gasteiger partial charge in [0, 0.05) is 31.3 Å². The first-order valence-electron chi connectivity index (χ1n) is 9.17. The van der Waals surface area contributed by atoms with Crippen LogP contribution in [0.15, 0.2) is 28.8 Å². The number of carbonyl (C=O) groups excluding carboxylic acids is 2. The molecule has 2 N–H and O–H groups in total. The Labute approximate surface area is 169 Å². The smallest absolute Gasteiger partial charge is 0.407 e. The topological polar surface area (TPSA) is 122 Å². The van der Waals surface area contributed by atoms with Gasteiger partial charge in [0.15, 0.2) is 11.5 Å². The molecular weight excluding hydrogens is 404 g/mol. The van der Waals surface area contributed by atoms with Crippen molar-refractivity contribution in [3.63, 3.8) is 0 Å². The van der Waals surface area contributed by atoms with Crippen molar-refractivity contribution < 1.29 is 37.5 Å². The minimum Gasteiger partial charge on any atom is -0.466 e. The van der Waals surface area contributed by atoms with Gasteiger partial charge in [-0.15, -0.1) is 0 Å². The number of halogens is 2. The number of amides is 2. The van der Waals surface area contributed by atoms with Gasteiger partial charge in [0.2, 0.25) is 0 Å². The molecule has 0 spiro atoms. The molecule has 1 aliphatic heterocycles. The minimum absolute atomic E-state index is 0.0675. The summed E-state index contributed by atoms with van der Waals surface area (Å²) in [6.07, 6.45) is -0.977. The second-order valence-electron chi connectivity index (χ2n) is 6.66. The van der Waals surface area contributed by atoms with Crippen LogP contribution in [0.2, 0.25) is 0 Å². The average Bonchev–Trinajstić information content (AvgIpc) is 3.18. The molecule has 0 aliphatic carbocycles. The van der Waals surface area contributed by atoms with E-state index in [9.17, 15) is 28.3 Å². The lowest BCUT2D eigenvalue weighted by Gasteiger charge is -2.35. The third kappa shape index (κ3) is 4.56. The molecule has 2 aromatic rings. The number of likely N-dealkylation sites (tertiary alicyclic amines) is 1. The standard InChI is InChI=1S/C19H19F2N3O6/c1-2-29-18(26)12-9-24(19(27)28)6-5-14(12)22-17(25)15-8-16(30-23-15)11-4-3-10(20)7-13(11)21/h3-4,7-8,12,14H,2,5-6,9H2,1H3,(H,22,25)(H,27,28)/t12-,14-/m1/s1. The minimum atomic E-state index is -1.17. The first-order valence-corrected chi connectivity index (χ1v) is 9.17. The zero-order valence-electron chi connectivity index (χ0n) is 15.9. The quantitative estimate of drug-likeness (QED) is 0.708. The molecule has 30 heavy (non-hydrogen) atoms. The van der Waals surface area contributed by atoms with E-state index in [0.29, 0.717) is 6.07 Å². The fourth-order valence-electron chi connectivity index (χ4n) is 3.23. The number of carboxylic acid groups (broad SMARTS) is 1. The molecule has 1 aromatic heterocycles. The molecule has 160 valence electrons. The van der Waals surface area contributed by atoms with Crippen molar-refractivity contribution in [1.82, 2.24) is 15.4 Å². The summed E-state index contributed by atoms with van der Waals surface area (Å²) in [6.45, 7) is 1.73. The van der Waals surface area contributed by atoms with Crippen molar-refractivity contribution in [2.45, 2.75) is 19.4 Å². The molecule has 0 saturated carbocycles. The molecule has 2 heterocycles. The lowest BCUT2D eigenvalue weighted by molar-refractivity contribution is -0.150. The number of hydrogen-bond acceptors (Lipinski definition) is 6. The largest absolute Gasteiger partial charge is 0.466 e. The maximum atomic E-state index is 13.9. The summed E-state index contributed by atoms with van der Waals surface area (Å²) in [4.78, 5) is 37.1. The van der Waals surface area contributed by atoms with Crippen molar-refractivity contribution in [1.29, 1.82) is 0 Å². The lowest BCUT2D eigenvalue weighted by Crippen LogP contribution is -2.55. The Kier molecular flexibility index (Phi) is 6.28. The van der Waals surface area contributed by atoms with Crippen LogP contribution < -0.4 is 5.32 Å². The Morgan fingerprint density at radius 1 is 1.33 bits per heavy atom. The van der Waals surface area contributed by atoms with Gasteiger partial charge < -0.3 is 24.6 Å². The van der Waals surface area contributed by atoms with Gasteiger partial charge in [0.25, 0.3) is 5.91 Å². The van der Waals surface area contributed by atoms with E-state index >= 15 is 0 Å². The first kappa shape index (κ1) is 21.2. The van der Waals surface area contributed by atoms with Gasteiger partial charge in [0.1, 0.15) is 11.6 Å². The van der Waals surface area contributed by atoms with Gasteiger partial charge in [-0.3, -0.25) is 9.59 Å². The van der Waals surface area contributed by atoms with Crippen molar-refractivity contribution in [2.75, 3.05) is 19.7 Å². The summed E-state index contributed by atoms with van der Waals surface area (Å²) < 4.78 is 37.0. The van der Waals surface area contributed by atoms with Crippen molar-refractivity contribution in [2.24, 2.45) is 5.92 Å². The van der Waals surface area contributed by atoms with Crippen LogP contribution in [0.4, 0.5) is 13.6 Å². The third-order valence-electron chi connectivity index (χ3n) is 4.73. The predicted molar refractivity (Wildman–Crippen MR) is 97.4 cm³/mol. The number of benzene rings is 1. The molecule has 2 atom stereocenters. The molecule has 0 bridgehead atoms. The van der Waals surface area contributed by atoms with Crippen LogP contribution in [0.25, 0.3) is 11.3 Å². The Morgan fingerprint density at radius 3 is 2.77 bits per heavy atom. The number of ether oxygens (including phenoxy) is 1. The summed E-state index contributed by atoms with van der Waals surface area (Å²) in [5, 5.41) is 15.4. The predicted octanol–water partition coefficient (Wildman–Crippen LogP) is 2.28. The zero-order chi connectivity index (χ0) is 21.8. The zero-order valence-corrected chi connectivity index (χ0v) is 15.9.